The minimum Gasteiger partial charge on any atom is -0.480 e. The highest BCUT2D eigenvalue weighted by molar-refractivity contribution is 5.86. The van der Waals surface area contributed by atoms with Gasteiger partial charge in [0.1, 0.15) is 13.1 Å². The summed E-state index contributed by atoms with van der Waals surface area (Å²) in [6.07, 6.45) is 0.142. The van der Waals surface area contributed by atoms with E-state index in [4.69, 9.17) is 10.8 Å². The van der Waals surface area contributed by atoms with E-state index in [1.165, 1.54) is 4.90 Å². The Kier molecular flexibility index (Phi) is 5.10. The third kappa shape index (κ3) is 4.82. The second-order valence-electron chi connectivity index (χ2n) is 4.09. The maximum atomic E-state index is 12.1. The van der Waals surface area contributed by atoms with Crippen molar-refractivity contribution in [3.05, 3.63) is 0 Å². The Balaban J connectivity index is 2.70. The third-order valence-corrected chi connectivity index (χ3v) is 2.53. The average molecular weight is 272 g/mol. The normalized spacial score (nSPS) is 15.4. The van der Waals surface area contributed by atoms with Gasteiger partial charge in [0.05, 0.1) is 0 Å². The minimum atomic E-state index is -1.24. The molecule has 19 heavy (non-hydrogen) atoms. The molecule has 1 saturated heterocycles. The number of carboxylic acid groups (broad SMARTS) is 1. The van der Waals surface area contributed by atoms with E-state index in [0.717, 1.165) is 4.90 Å². The Morgan fingerprint density at radius 3 is 2.58 bits per heavy atom. The highest BCUT2D eigenvalue weighted by Crippen LogP contribution is 2.03. The molecule has 106 valence electrons. The van der Waals surface area contributed by atoms with E-state index in [2.05, 4.69) is 5.32 Å². The zero-order valence-corrected chi connectivity index (χ0v) is 10.3. The van der Waals surface area contributed by atoms with E-state index in [0.29, 0.717) is 6.54 Å². The number of nitrogens with zero attached hydrogens (tertiary/aromatic N) is 2. The predicted molar refractivity (Wildman–Crippen MR) is 63.0 cm³/mol. The molecule has 0 radical (unpaired) electrons. The molecule has 1 fully saturated rings. The molecule has 1 rings (SSSR count). The molecule has 1 heterocycles. The van der Waals surface area contributed by atoms with Crippen molar-refractivity contribution in [1.29, 1.82) is 0 Å². The smallest absolute Gasteiger partial charge is 0.323 e. The first-order chi connectivity index (χ1) is 8.90. The number of carboxylic acids is 1. The van der Waals surface area contributed by atoms with Gasteiger partial charge in [0.2, 0.25) is 11.8 Å². The number of carbonyl (C=O) groups excluding carboxylic acids is 3. The van der Waals surface area contributed by atoms with Gasteiger partial charge < -0.3 is 26.0 Å². The Labute approximate surface area is 109 Å². The molecule has 4 amide bonds. The molecule has 4 N–H and O–H groups in total. The highest BCUT2D eigenvalue weighted by atomic mass is 16.4. The van der Waals surface area contributed by atoms with E-state index >= 15 is 0 Å². The first-order valence-electron chi connectivity index (χ1n) is 5.71. The van der Waals surface area contributed by atoms with Crippen molar-refractivity contribution in [3.8, 4) is 0 Å². The van der Waals surface area contributed by atoms with Gasteiger partial charge in [0, 0.05) is 26.1 Å². The van der Waals surface area contributed by atoms with Crippen LogP contribution in [-0.4, -0.2) is 71.4 Å². The maximum absolute atomic E-state index is 12.1. The van der Waals surface area contributed by atoms with Gasteiger partial charge in [-0.1, -0.05) is 0 Å². The van der Waals surface area contributed by atoms with Crippen LogP contribution in [0.1, 0.15) is 6.42 Å². The number of urea groups is 1. The first-order valence-corrected chi connectivity index (χ1v) is 5.71. The number of nitrogens with one attached hydrogen (secondary N) is 1. The summed E-state index contributed by atoms with van der Waals surface area (Å²) in [6, 6.07) is -0.613. The number of hydrogen-bond donors (Lipinski definition) is 3. The lowest BCUT2D eigenvalue weighted by molar-refractivity contribution is -0.138. The van der Waals surface area contributed by atoms with Gasteiger partial charge >= 0.3 is 12.0 Å². The summed E-state index contributed by atoms with van der Waals surface area (Å²) < 4.78 is 0. The van der Waals surface area contributed by atoms with E-state index in [1.54, 1.807) is 0 Å². The van der Waals surface area contributed by atoms with Crippen molar-refractivity contribution >= 4 is 23.8 Å². The van der Waals surface area contributed by atoms with E-state index in [1.807, 2.05) is 0 Å². The van der Waals surface area contributed by atoms with Gasteiger partial charge in [-0.05, 0) is 0 Å². The molecule has 0 aromatic rings. The van der Waals surface area contributed by atoms with Gasteiger partial charge in [-0.25, -0.2) is 4.79 Å². The van der Waals surface area contributed by atoms with Crippen molar-refractivity contribution in [2.45, 2.75) is 6.42 Å². The molecule has 0 atom stereocenters. The number of amides is 4. The summed E-state index contributed by atoms with van der Waals surface area (Å²) in [5, 5.41) is 11.3. The molecule has 0 aliphatic carbocycles. The number of nitrogens with two attached hydrogens (primary N) is 1. The second-order valence-corrected chi connectivity index (χ2v) is 4.09. The van der Waals surface area contributed by atoms with Gasteiger partial charge in [0.15, 0.2) is 0 Å². The number of hydrogen-bond acceptors (Lipinski definition) is 4. The van der Waals surface area contributed by atoms with Crippen molar-refractivity contribution in [2.24, 2.45) is 5.73 Å². The second kappa shape index (κ2) is 6.57. The third-order valence-electron chi connectivity index (χ3n) is 2.53. The Bertz CT molecular complexity index is 381. The minimum absolute atomic E-state index is 0.142. The lowest BCUT2D eigenvalue weighted by Gasteiger charge is -2.27. The van der Waals surface area contributed by atoms with Gasteiger partial charge in [-0.3, -0.25) is 14.4 Å². The molecule has 0 unspecified atom stereocenters. The lowest BCUT2D eigenvalue weighted by atomic mass is 10.4. The Hall–Kier alpha value is -2.32. The summed E-state index contributed by atoms with van der Waals surface area (Å²) in [4.78, 5) is 46.9. The molecule has 9 nitrogen and oxygen atoms in total. The van der Waals surface area contributed by atoms with Gasteiger partial charge in [-0.15, -0.1) is 0 Å². The largest absolute Gasteiger partial charge is 0.480 e. The van der Waals surface area contributed by atoms with Crippen LogP contribution in [0.15, 0.2) is 0 Å². The highest BCUT2D eigenvalue weighted by Gasteiger charge is 2.25. The fraction of sp³-hybridized carbons (Fsp3) is 0.600. The number of rotatable bonds is 4. The van der Waals surface area contributed by atoms with Crippen LogP contribution in [0.5, 0.6) is 0 Å². The number of carbonyl (C=O) groups is 4. The van der Waals surface area contributed by atoms with E-state index in [9.17, 15) is 19.2 Å². The molecule has 0 saturated carbocycles. The van der Waals surface area contributed by atoms with E-state index in [-0.39, 0.29) is 25.4 Å². The van der Waals surface area contributed by atoms with Crippen LogP contribution in [-0.2, 0) is 14.4 Å². The van der Waals surface area contributed by atoms with Crippen LogP contribution in [0.25, 0.3) is 0 Å². The standard InChI is InChI=1S/C10H16N4O5/c11-7(15)5-14(6-9(17)18)10(19)13-3-1-8(16)12-2-4-13/h1-6H2,(H2,11,15)(H,12,16)(H,17,18). The molecule has 1 aliphatic heterocycles. The molecular formula is C10H16N4O5. The van der Waals surface area contributed by atoms with E-state index < -0.39 is 31.0 Å². The molecule has 1 aliphatic rings. The monoisotopic (exact) mass is 272 g/mol. The van der Waals surface area contributed by atoms with Crippen LogP contribution >= 0.6 is 0 Å². The quantitative estimate of drug-likeness (QED) is 0.534. The van der Waals surface area contributed by atoms with Crippen LogP contribution in [0, 0.1) is 0 Å². The summed E-state index contributed by atoms with van der Waals surface area (Å²) in [5.74, 6) is -2.20. The summed E-state index contributed by atoms with van der Waals surface area (Å²) in [5.41, 5.74) is 4.98. The maximum Gasteiger partial charge on any atom is 0.323 e. The Morgan fingerprint density at radius 2 is 2.00 bits per heavy atom. The topological polar surface area (TPSA) is 133 Å². The molecule has 9 heteroatoms. The summed E-state index contributed by atoms with van der Waals surface area (Å²) in [7, 11) is 0. The fourth-order valence-corrected chi connectivity index (χ4v) is 1.70. The molecule has 0 aromatic carbocycles. The van der Waals surface area contributed by atoms with Crippen LogP contribution in [0.4, 0.5) is 4.79 Å². The molecule has 0 spiro atoms. The predicted octanol–water partition coefficient (Wildman–Crippen LogP) is -2.20. The molecular weight excluding hydrogens is 256 g/mol. The summed E-state index contributed by atoms with van der Waals surface area (Å²) >= 11 is 0. The lowest BCUT2D eigenvalue weighted by Crippen LogP contribution is -2.49. The van der Waals surface area contributed by atoms with Crippen molar-refractivity contribution in [1.82, 2.24) is 15.1 Å². The van der Waals surface area contributed by atoms with Crippen molar-refractivity contribution in [2.75, 3.05) is 32.7 Å². The number of aliphatic carboxylic acids is 1. The first kappa shape index (κ1) is 14.7. The number of primary amides is 1. The zero-order valence-electron chi connectivity index (χ0n) is 10.3. The van der Waals surface area contributed by atoms with Gasteiger partial charge in [0.25, 0.3) is 0 Å². The molecule has 0 aromatic heterocycles. The summed E-state index contributed by atoms with van der Waals surface area (Å²) in [6.45, 7) is -0.344. The van der Waals surface area contributed by atoms with Crippen LogP contribution in [0.3, 0.4) is 0 Å². The Morgan fingerprint density at radius 1 is 1.32 bits per heavy atom. The van der Waals surface area contributed by atoms with Crippen LogP contribution in [0.2, 0.25) is 0 Å². The van der Waals surface area contributed by atoms with Crippen LogP contribution < -0.4 is 11.1 Å². The van der Waals surface area contributed by atoms with Crippen molar-refractivity contribution < 1.29 is 24.3 Å². The SMILES string of the molecule is NC(=O)CN(CC(=O)O)C(=O)N1CCNC(=O)CC1. The van der Waals surface area contributed by atoms with Crippen molar-refractivity contribution in [3.63, 3.8) is 0 Å². The molecule has 0 bridgehead atoms. The average Bonchev–Trinajstić information content (AvgIpc) is 2.51. The fourth-order valence-electron chi connectivity index (χ4n) is 1.70. The van der Waals surface area contributed by atoms with Gasteiger partial charge in [-0.2, -0.15) is 0 Å². The zero-order chi connectivity index (χ0) is 14.4.